The molecule has 13 rings (SSSR count). The second-order valence-corrected chi connectivity index (χ2v) is 20.5. The summed E-state index contributed by atoms with van der Waals surface area (Å²) in [6, 6.07) is 62.1. The van der Waals surface area contributed by atoms with Gasteiger partial charge >= 0.3 is 0 Å². The van der Waals surface area contributed by atoms with Crippen LogP contribution in [-0.4, -0.2) is 99.1 Å². The molecule has 98 heavy (non-hydrogen) atoms. The number of para-hydroxylation sites is 2. The molecule has 542 valence electrons. The van der Waals surface area contributed by atoms with E-state index in [4.69, 9.17) is 23.7 Å². The molecule has 5 heterocycles. The predicted molar refractivity (Wildman–Crippen MR) is 427 cm³/mol. The van der Waals surface area contributed by atoms with Crippen molar-refractivity contribution in [3.8, 4) is 28.7 Å². The smallest absolute Gasteiger partial charge is 0.127 e. The van der Waals surface area contributed by atoms with Crippen LogP contribution in [0.4, 0.5) is 0 Å². The summed E-state index contributed by atoms with van der Waals surface area (Å²) in [7, 11) is 0. The molecule has 5 fully saturated rings. The van der Waals surface area contributed by atoms with Gasteiger partial charge < -0.3 is 47.4 Å². The first-order chi connectivity index (χ1) is 48.3. The Morgan fingerprint density at radius 1 is 0.265 bits per heavy atom. The van der Waals surface area contributed by atoms with Crippen molar-refractivity contribution >= 4 is 32.3 Å². The maximum Gasteiger partial charge on any atom is 0.127 e. The van der Waals surface area contributed by atoms with Gasteiger partial charge in [-0.3, -0.25) is 0 Å². The summed E-state index contributed by atoms with van der Waals surface area (Å²) >= 11 is 0. The number of fused-ring (bicyclic) bond motifs is 3. The number of hydrogen-bond donors (Lipinski definition) is 0. The summed E-state index contributed by atoms with van der Waals surface area (Å²) in [6.07, 6.45) is 20.8. The summed E-state index contributed by atoms with van der Waals surface area (Å²) in [5.41, 5.74) is 0. The van der Waals surface area contributed by atoms with Crippen LogP contribution in [-0.2, 0) is 23.7 Å². The molecule has 0 atom stereocenters. The number of ether oxygens (including phenoxy) is 10. The number of unbranched alkanes of at least 4 members (excludes halogenated alkanes) is 5. The first-order valence-corrected chi connectivity index (χ1v) is 35.9. The largest absolute Gasteiger partial charge is 0.490 e. The molecule has 0 aromatic heterocycles. The minimum absolute atomic E-state index is 0.550. The summed E-state index contributed by atoms with van der Waals surface area (Å²) < 4.78 is 49.6. The average Bonchev–Trinajstić information content (AvgIpc) is 1.44. The van der Waals surface area contributed by atoms with Crippen molar-refractivity contribution in [2.75, 3.05) is 99.1 Å². The van der Waals surface area contributed by atoms with Gasteiger partial charge in [0.2, 0.25) is 0 Å². The van der Waals surface area contributed by atoms with E-state index in [0.29, 0.717) is 33.0 Å². The topological polar surface area (TPSA) is 109 Å². The zero-order valence-corrected chi connectivity index (χ0v) is 62.9. The molecule has 0 spiro atoms. The second kappa shape index (κ2) is 76.4. The van der Waals surface area contributed by atoms with Crippen LogP contribution in [0, 0.1) is 0 Å². The highest BCUT2D eigenvalue weighted by atomic mass is 16.6. The van der Waals surface area contributed by atoms with Crippen LogP contribution in [0.2, 0.25) is 0 Å². The van der Waals surface area contributed by atoms with Crippen molar-refractivity contribution in [2.24, 2.45) is 0 Å². The molecule has 0 unspecified atom stereocenters. The van der Waals surface area contributed by atoms with Crippen LogP contribution in [0.3, 0.4) is 0 Å². The van der Waals surface area contributed by atoms with E-state index in [1.807, 2.05) is 161 Å². The molecule has 8 aromatic rings. The van der Waals surface area contributed by atoms with Gasteiger partial charge in [-0.1, -0.05) is 350 Å². The standard InChI is InChI=1S/3C13H12O.2C9H10O.C6H14.2C4H10.C3H8.5C2H4O.2C2H6/c3*1-2-10-14-13-9-5-7-11-6-3-4-8-12(11)13;2*1-2-8-10-9-6-4-3-5-7-9;1-3-5-6-4-2;2*1-3-4-2;1-3-2;5*1-2-3-1;2*1-2/h3*2-9H,1,10H2;2*2-7H,1,8H2;3-6H2,1-2H3;2*3-4H2,1-2H3;3H2,1-2H3;5*1-2H2;2*1-2H3. The van der Waals surface area contributed by atoms with Gasteiger partial charge in [0, 0.05) is 16.2 Å². The lowest BCUT2D eigenvalue weighted by Gasteiger charge is -2.06. The van der Waals surface area contributed by atoms with E-state index in [0.717, 1.165) is 111 Å². The van der Waals surface area contributed by atoms with Crippen LogP contribution in [0.5, 0.6) is 28.7 Å². The molecule has 8 aromatic carbocycles. The molecule has 5 saturated heterocycles. The Hall–Kier alpha value is -7.96. The van der Waals surface area contributed by atoms with E-state index >= 15 is 0 Å². The summed E-state index contributed by atoms with van der Waals surface area (Å²) in [5, 5.41) is 7.06. The molecule has 0 amide bonds. The van der Waals surface area contributed by atoms with Crippen molar-refractivity contribution in [1.82, 2.24) is 0 Å². The molecule has 0 radical (unpaired) electrons. The normalized spacial score (nSPS) is 11.2. The van der Waals surface area contributed by atoms with Gasteiger partial charge in [0.25, 0.3) is 0 Å². The van der Waals surface area contributed by atoms with Crippen molar-refractivity contribution in [1.29, 1.82) is 0 Å². The zero-order chi connectivity index (χ0) is 72.8. The quantitative estimate of drug-likeness (QED) is 0.0416. The van der Waals surface area contributed by atoms with Crippen LogP contribution in [0.1, 0.15) is 141 Å². The highest BCUT2D eigenvalue weighted by Crippen LogP contribution is 2.27. The Morgan fingerprint density at radius 2 is 0.459 bits per heavy atom. The van der Waals surface area contributed by atoms with Gasteiger partial charge in [-0.15, -0.1) is 0 Å². The van der Waals surface area contributed by atoms with Crippen LogP contribution < -0.4 is 23.7 Å². The van der Waals surface area contributed by atoms with Gasteiger partial charge in [-0.25, -0.2) is 0 Å². The molecule has 0 saturated carbocycles. The van der Waals surface area contributed by atoms with E-state index in [9.17, 15) is 0 Å². The van der Waals surface area contributed by atoms with E-state index in [1.165, 1.54) is 73.9 Å². The minimum Gasteiger partial charge on any atom is -0.490 e. The molecule has 5 aliphatic rings. The Balaban J connectivity index is -0.00000103. The summed E-state index contributed by atoms with van der Waals surface area (Å²) in [6.45, 7) is 56.2. The van der Waals surface area contributed by atoms with Gasteiger partial charge in [0.05, 0.1) is 66.1 Å². The fourth-order valence-electron chi connectivity index (χ4n) is 6.25. The molecule has 0 aliphatic carbocycles. The van der Waals surface area contributed by atoms with E-state index in [1.54, 1.807) is 30.4 Å². The van der Waals surface area contributed by atoms with Crippen LogP contribution >= 0.6 is 0 Å². The Morgan fingerprint density at radius 3 is 0.653 bits per heavy atom. The highest BCUT2D eigenvalue weighted by Gasteiger charge is 2.02. The fraction of sp³-hybridized carbons (Fsp3) is 0.409. The third-order valence-corrected chi connectivity index (χ3v) is 11.5. The predicted octanol–water partition coefficient (Wildman–Crippen LogP) is 24.5. The first-order valence-electron chi connectivity index (χ1n) is 35.9. The van der Waals surface area contributed by atoms with Crippen LogP contribution in [0.15, 0.2) is 251 Å². The summed E-state index contributed by atoms with van der Waals surface area (Å²) in [5.74, 6) is 4.54. The maximum atomic E-state index is 5.55. The number of hydrogen-bond acceptors (Lipinski definition) is 10. The molecule has 0 bridgehead atoms. The lowest BCUT2D eigenvalue weighted by molar-refractivity contribution is 0.363. The van der Waals surface area contributed by atoms with Crippen molar-refractivity contribution in [3.05, 3.63) is 251 Å². The molecular formula is C88H130O10. The van der Waals surface area contributed by atoms with Crippen molar-refractivity contribution < 1.29 is 47.4 Å². The summed E-state index contributed by atoms with van der Waals surface area (Å²) in [4.78, 5) is 0. The average molecular weight is 1350 g/mol. The Bertz CT molecular complexity index is 2640. The number of benzene rings is 8. The third kappa shape index (κ3) is 65.3. The lowest BCUT2D eigenvalue weighted by atomic mass is 10.1. The van der Waals surface area contributed by atoms with Gasteiger partial charge in [0.1, 0.15) is 61.8 Å². The van der Waals surface area contributed by atoms with Crippen molar-refractivity contribution in [3.63, 3.8) is 0 Å². The Labute approximate surface area is 596 Å². The van der Waals surface area contributed by atoms with E-state index in [-0.39, 0.29) is 0 Å². The SMILES string of the molecule is C1CO1.C1CO1.C1CO1.C1CO1.C1CO1.C=CCOc1cccc2ccccc12.C=CCOc1cccc2ccccc12.C=CCOc1cccc2ccccc12.C=CCOc1ccccc1.C=CCOc1ccccc1.CC.CC.CCC.CCCC.CCCC.CCCCCC. The van der Waals surface area contributed by atoms with Gasteiger partial charge in [-0.05, 0) is 58.6 Å². The van der Waals surface area contributed by atoms with Gasteiger partial charge in [0.15, 0.2) is 0 Å². The lowest BCUT2D eigenvalue weighted by Crippen LogP contribution is -1.92. The monoisotopic (exact) mass is 1350 g/mol. The molecular weight excluding hydrogens is 1220 g/mol. The molecule has 10 nitrogen and oxygen atoms in total. The molecule has 5 aliphatic heterocycles. The van der Waals surface area contributed by atoms with Crippen LogP contribution in [0.25, 0.3) is 32.3 Å². The molecule has 10 heteroatoms. The molecule has 0 N–H and O–H groups in total. The fourth-order valence-corrected chi connectivity index (χ4v) is 6.25. The van der Waals surface area contributed by atoms with E-state index in [2.05, 4.69) is 167 Å². The first kappa shape index (κ1) is 94.2. The zero-order valence-electron chi connectivity index (χ0n) is 62.9. The second-order valence-electron chi connectivity index (χ2n) is 20.5. The number of rotatable bonds is 20. The highest BCUT2D eigenvalue weighted by molar-refractivity contribution is 5.89. The van der Waals surface area contributed by atoms with Crippen molar-refractivity contribution in [2.45, 2.75) is 141 Å². The number of epoxide rings is 5. The maximum absolute atomic E-state index is 5.55. The third-order valence-electron chi connectivity index (χ3n) is 11.5. The Kier molecular flexibility index (Phi) is 73.5. The van der Waals surface area contributed by atoms with E-state index < -0.39 is 0 Å². The minimum atomic E-state index is 0.550. The van der Waals surface area contributed by atoms with Gasteiger partial charge in [-0.2, -0.15) is 0 Å².